The molecule has 0 radical (unpaired) electrons. The van der Waals surface area contributed by atoms with Crippen LogP contribution in [-0.2, 0) is 11.2 Å². The zero-order valence-electron chi connectivity index (χ0n) is 11.8. The van der Waals surface area contributed by atoms with Crippen molar-refractivity contribution in [1.82, 2.24) is 0 Å². The summed E-state index contributed by atoms with van der Waals surface area (Å²) in [5, 5.41) is 11.1. The molecular weight excluding hydrogens is 298 g/mol. The molecule has 1 amide bonds. The van der Waals surface area contributed by atoms with Gasteiger partial charge in [0.2, 0.25) is 5.91 Å². The maximum absolute atomic E-state index is 12.4. The van der Waals surface area contributed by atoms with Gasteiger partial charge >= 0.3 is 0 Å². The first kappa shape index (κ1) is 14.7. The van der Waals surface area contributed by atoms with E-state index in [2.05, 4.69) is 0 Å². The van der Waals surface area contributed by atoms with Crippen molar-refractivity contribution in [2.75, 3.05) is 17.2 Å². The van der Waals surface area contributed by atoms with Crippen molar-refractivity contribution in [3.8, 4) is 0 Å². The third-order valence-corrected chi connectivity index (χ3v) is 4.70. The number of benzene rings is 2. The molecule has 0 saturated heterocycles. The lowest BCUT2D eigenvalue weighted by Crippen LogP contribution is -2.30. The first-order valence-electron chi connectivity index (χ1n) is 6.98. The van der Waals surface area contributed by atoms with Gasteiger partial charge in [-0.25, -0.2) is 0 Å². The average molecular weight is 312 g/mol. The molecule has 22 heavy (non-hydrogen) atoms. The zero-order valence-corrected chi connectivity index (χ0v) is 12.6. The molecule has 1 aliphatic heterocycles. The van der Waals surface area contributed by atoms with Crippen molar-refractivity contribution in [3.63, 3.8) is 0 Å². The first-order chi connectivity index (χ1) is 10.7. The van der Waals surface area contributed by atoms with E-state index in [1.807, 2.05) is 24.3 Å². The molecule has 0 fully saturated rings. The molecule has 0 spiro atoms. The maximum Gasteiger partial charge on any atom is 0.237 e. The molecule has 4 nitrogen and oxygen atoms in total. The second-order valence-electron chi connectivity index (χ2n) is 5.00. The number of fused-ring (bicyclic) bond motifs is 1. The molecule has 112 valence electrons. The largest absolute Gasteiger partial charge is 0.545 e. The van der Waals surface area contributed by atoms with Crippen LogP contribution in [0.2, 0.25) is 0 Å². The highest BCUT2D eigenvalue weighted by Gasteiger charge is 2.24. The van der Waals surface area contributed by atoms with Crippen LogP contribution >= 0.6 is 11.8 Å². The van der Waals surface area contributed by atoms with E-state index in [0.29, 0.717) is 11.4 Å². The molecule has 0 N–H and O–H groups in total. The van der Waals surface area contributed by atoms with E-state index >= 15 is 0 Å². The lowest BCUT2D eigenvalue weighted by molar-refractivity contribution is -0.255. The molecule has 0 saturated carbocycles. The van der Waals surface area contributed by atoms with E-state index in [1.54, 1.807) is 23.1 Å². The van der Waals surface area contributed by atoms with Gasteiger partial charge in [0.25, 0.3) is 0 Å². The first-order valence-corrected chi connectivity index (χ1v) is 7.97. The van der Waals surface area contributed by atoms with Crippen LogP contribution in [0.4, 0.5) is 5.69 Å². The quantitative estimate of drug-likeness (QED) is 0.807. The monoisotopic (exact) mass is 312 g/mol. The third kappa shape index (κ3) is 2.85. The number of anilines is 1. The molecule has 3 rings (SSSR count). The fourth-order valence-corrected chi connectivity index (χ4v) is 3.49. The molecule has 0 aromatic heterocycles. The molecule has 1 aliphatic rings. The number of hydrogen-bond donors (Lipinski definition) is 0. The number of amides is 1. The van der Waals surface area contributed by atoms with Gasteiger partial charge in [0, 0.05) is 22.7 Å². The van der Waals surface area contributed by atoms with Crippen molar-refractivity contribution in [1.29, 1.82) is 0 Å². The molecule has 0 atom stereocenters. The SMILES string of the molecule is O=C([O-])c1ccccc1SCC(=O)N1CCc2ccccc21. The minimum Gasteiger partial charge on any atom is -0.545 e. The van der Waals surface area contributed by atoms with E-state index in [1.165, 1.54) is 23.4 Å². The van der Waals surface area contributed by atoms with Gasteiger partial charge in [-0.3, -0.25) is 4.79 Å². The van der Waals surface area contributed by atoms with Crippen LogP contribution in [0.25, 0.3) is 0 Å². The maximum atomic E-state index is 12.4. The number of para-hydroxylation sites is 1. The Hall–Kier alpha value is -2.27. The second kappa shape index (κ2) is 6.23. The molecule has 0 bridgehead atoms. The van der Waals surface area contributed by atoms with E-state index < -0.39 is 5.97 Å². The third-order valence-electron chi connectivity index (χ3n) is 3.65. The summed E-state index contributed by atoms with van der Waals surface area (Å²) in [5.41, 5.74) is 2.26. The van der Waals surface area contributed by atoms with Gasteiger partial charge in [0.1, 0.15) is 0 Å². The highest BCUT2D eigenvalue weighted by Crippen LogP contribution is 2.29. The Balaban J connectivity index is 1.71. The number of nitrogens with zero attached hydrogens (tertiary/aromatic N) is 1. The highest BCUT2D eigenvalue weighted by molar-refractivity contribution is 8.00. The fourth-order valence-electron chi connectivity index (χ4n) is 2.58. The van der Waals surface area contributed by atoms with Crippen molar-refractivity contribution >= 4 is 29.3 Å². The standard InChI is InChI=1S/C17H15NO3S/c19-16(18-10-9-12-5-1-3-7-14(12)18)11-22-15-8-4-2-6-13(15)17(20)21/h1-8H,9-11H2,(H,20,21)/p-1. The van der Waals surface area contributed by atoms with Crippen LogP contribution in [0.3, 0.4) is 0 Å². The summed E-state index contributed by atoms with van der Waals surface area (Å²) in [5.74, 6) is -1.02. The second-order valence-corrected chi connectivity index (χ2v) is 6.01. The van der Waals surface area contributed by atoms with Crippen molar-refractivity contribution < 1.29 is 14.7 Å². The van der Waals surface area contributed by atoms with Crippen LogP contribution in [0.5, 0.6) is 0 Å². The molecule has 5 heteroatoms. The van der Waals surface area contributed by atoms with Crippen LogP contribution in [-0.4, -0.2) is 24.2 Å². The minimum atomic E-state index is -1.22. The van der Waals surface area contributed by atoms with E-state index in [-0.39, 0.29) is 17.2 Å². The zero-order chi connectivity index (χ0) is 15.5. The Morgan fingerprint density at radius 2 is 1.82 bits per heavy atom. The Bertz CT molecular complexity index is 729. The van der Waals surface area contributed by atoms with Crippen LogP contribution in [0, 0.1) is 0 Å². The summed E-state index contributed by atoms with van der Waals surface area (Å²) in [6.07, 6.45) is 0.863. The van der Waals surface area contributed by atoms with Gasteiger partial charge in [-0.2, -0.15) is 0 Å². The molecule has 0 aliphatic carbocycles. The number of rotatable bonds is 4. The summed E-state index contributed by atoms with van der Waals surface area (Å²) < 4.78 is 0. The summed E-state index contributed by atoms with van der Waals surface area (Å²) in [6.45, 7) is 0.681. The van der Waals surface area contributed by atoms with Gasteiger partial charge in [0.05, 0.1) is 11.7 Å². The Morgan fingerprint density at radius 1 is 1.09 bits per heavy atom. The van der Waals surface area contributed by atoms with E-state index in [9.17, 15) is 14.7 Å². The number of thioether (sulfide) groups is 1. The number of carbonyl (C=O) groups excluding carboxylic acids is 2. The minimum absolute atomic E-state index is 0.0110. The predicted octanol–water partition coefficient (Wildman–Crippen LogP) is 1.73. The van der Waals surface area contributed by atoms with Gasteiger partial charge < -0.3 is 14.8 Å². The average Bonchev–Trinajstić information content (AvgIpc) is 2.97. The number of hydrogen-bond acceptors (Lipinski definition) is 4. The van der Waals surface area contributed by atoms with Gasteiger partial charge in [-0.05, 0) is 24.1 Å². The predicted molar refractivity (Wildman–Crippen MR) is 84.0 cm³/mol. The van der Waals surface area contributed by atoms with E-state index in [0.717, 1.165) is 12.1 Å². The molecule has 2 aromatic carbocycles. The fraction of sp³-hybridized carbons (Fsp3) is 0.176. The number of carboxylic acids is 1. The molecule has 2 aromatic rings. The highest BCUT2D eigenvalue weighted by atomic mass is 32.2. The summed E-state index contributed by atoms with van der Waals surface area (Å²) in [7, 11) is 0. The Kier molecular flexibility index (Phi) is 4.15. The van der Waals surface area contributed by atoms with Crippen LogP contribution in [0.1, 0.15) is 15.9 Å². The van der Waals surface area contributed by atoms with Crippen molar-refractivity contribution in [2.45, 2.75) is 11.3 Å². The summed E-state index contributed by atoms with van der Waals surface area (Å²) >= 11 is 1.23. The lowest BCUT2D eigenvalue weighted by atomic mass is 10.2. The van der Waals surface area contributed by atoms with Crippen molar-refractivity contribution in [3.05, 3.63) is 59.7 Å². The number of aromatic carboxylic acids is 1. The van der Waals surface area contributed by atoms with E-state index in [4.69, 9.17) is 0 Å². The number of carboxylic acid groups (broad SMARTS) is 1. The normalized spacial score (nSPS) is 13.0. The number of carbonyl (C=O) groups is 2. The Labute approximate surface area is 132 Å². The topological polar surface area (TPSA) is 60.4 Å². The van der Waals surface area contributed by atoms with Crippen molar-refractivity contribution in [2.24, 2.45) is 0 Å². The summed E-state index contributed by atoms with van der Waals surface area (Å²) in [6, 6.07) is 14.5. The van der Waals surface area contributed by atoms with Gasteiger partial charge in [-0.1, -0.05) is 36.4 Å². The summed E-state index contributed by atoms with van der Waals surface area (Å²) in [4.78, 5) is 25.8. The van der Waals surface area contributed by atoms with Crippen LogP contribution < -0.4 is 10.0 Å². The van der Waals surface area contributed by atoms with Gasteiger partial charge in [0.15, 0.2) is 0 Å². The van der Waals surface area contributed by atoms with Gasteiger partial charge in [-0.15, -0.1) is 11.8 Å². The smallest absolute Gasteiger partial charge is 0.237 e. The Morgan fingerprint density at radius 3 is 2.64 bits per heavy atom. The molecule has 1 heterocycles. The molecule has 0 unspecified atom stereocenters. The lowest BCUT2D eigenvalue weighted by Gasteiger charge is -2.17. The van der Waals surface area contributed by atoms with Crippen LogP contribution in [0.15, 0.2) is 53.4 Å². The molecular formula is C17H14NO3S-.